The minimum absolute atomic E-state index is 0.0761. The molecule has 0 aliphatic carbocycles. The second-order valence-electron chi connectivity index (χ2n) is 5.55. The maximum absolute atomic E-state index is 11.8. The lowest BCUT2D eigenvalue weighted by molar-refractivity contribution is -0.141. The van der Waals surface area contributed by atoms with Gasteiger partial charge in [0.25, 0.3) is 5.22 Å². The average Bonchev–Trinajstić information content (AvgIpc) is 3.13. The molecule has 0 bridgehead atoms. The Balaban J connectivity index is 1.38. The van der Waals surface area contributed by atoms with Gasteiger partial charge in [0.15, 0.2) is 0 Å². The van der Waals surface area contributed by atoms with Gasteiger partial charge in [-0.05, 0) is 48.9 Å². The quantitative estimate of drug-likeness (QED) is 0.312. The van der Waals surface area contributed by atoms with Gasteiger partial charge in [-0.2, -0.15) is 0 Å². The van der Waals surface area contributed by atoms with E-state index in [1.807, 2.05) is 31.2 Å². The molecule has 8 heteroatoms. The second-order valence-corrected chi connectivity index (χ2v) is 6.92. The van der Waals surface area contributed by atoms with Gasteiger partial charge in [0.1, 0.15) is 24.7 Å². The standard InChI is InChI=1S/C19H17ClN2O4S/c1-13-3-2-4-16(11-13)24-9-10-25-17(23)12-27-19-22-21-18(26-19)14-5-7-15(20)8-6-14/h2-8,11H,9-10,12H2,1H3. The van der Waals surface area contributed by atoms with Gasteiger partial charge in [0, 0.05) is 10.6 Å². The second kappa shape index (κ2) is 9.43. The highest BCUT2D eigenvalue weighted by Gasteiger charge is 2.12. The molecule has 0 fully saturated rings. The van der Waals surface area contributed by atoms with E-state index >= 15 is 0 Å². The molecule has 0 saturated heterocycles. The summed E-state index contributed by atoms with van der Waals surface area (Å²) < 4.78 is 16.2. The molecule has 140 valence electrons. The number of carbonyl (C=O) groups is 1. The number of thioether (sulfide) groups is 1. The number of nitrogens with zero attached hydrogens (tertiary/aromatic N) is 2. The van der Waals surface area contributed by atoms with Crippen LogP contribution in [-0.4, -0.2) is 35.1 Å². The highest BCUT2D eigenvalue weighted by Crippen LogP contribution is 2.24. The topological polar surface area (TPSA) is 74.5 Å². The normalized spacial score (nSPS) is 10.6. The molecule has 0 radical (unpaired) electrons. The molecule has 0 saturated carbocycles. The molecular weight excluding hydrogens is 388 g/mol. The van der Waals surface area contributed by atoms with Gasteiger partial charge in [-0.25, -0.2) is 0 Å². The first kappa shape index (κ1) is 19.3. The van der Waals surface area contributed by atoms with Gasteiger partial charge < -0.3 is 13.9 Å². The van der Waals surface area contributed by atoms with E-state index < -0.39 is 0 Å². The van der Waals surface area contributed by atoms with Crippen LogP contribution in [0.2, 0.25) is 5.02 Å². The number of aromatic nitrogens is 2. The molecule has 0 unspecified atom stereocenters. The molecule has 0 aliphatic heterocycles. The average molecular weight is 405 g/mol. The minimum atomic E-state index is -0.376. The summed E-state index contributed by atoms with van der Waals surface area (Å²) in [5, 5.41) is 8.80. The fourth-order valence-electron chi connectivity index (χ4n) is 2.16. The van der Waals surface area contributed by atoms with Gasteiger partial charge in [0.05, 0.1) is 0 Å². The Hall–Kier alpha value is -2.51. The molecule has 1 heterocycles. The van der Waals surface area contributed by atoms with Crippen molar-refractivity contribution in [1.82, 2.24) is 10.2 Å². The Morgan fingerprint density at radius 1 is 1.15 bits per heavy atom. The molecule has 0 amide bonds. The number of ether oxygens (including phenoxy) is 2. The van der Waals surface area contributed by atoms with Crippen molar-refractivity contribution < 1.29 is 18.7 Å². The van der Waals surface area contributed by atoms with Crippen LogP contribution >= 0.6 is 23.4 Å². The molecule has 3 aromatic rings. The number of hydrogen-bond acceptors (Lipinski definition) is 7. The van der Waals surface area contributed by atoms with Crippen LogP contribution in [0.25, 0.3) is 11.5 Å². The van der Waals surface area contributed by atoms with Crippen LogP contribution in [0.15, 0.2) is 58.2 Å². The zero-order valence-corrected chi connectivity index (χ0v) is 16.1. The van der Waals surface area contributed by atoms with E-state index in [1.54, 1.807) is 24.3 Å². The van der Waals surface area contributed by atoms with E-state index in [-0.39, 0.29) is 18.3 Å². The maximum Gasteiger partial charge on any atom is 0.316 e. The van der Waals surface area contributed by atoms with Crippen LogP contribution in [0.1, 0.15) is 5.56 Å². The molecule has 1 aromatic heterocycles. The molecule has 6 nitrogen and oxygen atoms in total. The minimum Gasteiger partial charge on any atom is -0.490 e. The summed E-state index contributed by atoms with van der Waals surface area (Å²) >= 11 is 6.97. The summed E-state index contributed by atoms with van der Waals surface area (Å²) in [5.74, 6) is 0.821. The van der Waals surface area contributed by atoms with Gasteiger partial charge in [-0.15, -0.1) is 10.2 Å². The smallest absolute Gasteiger partial charge is 0.316 e. The van der Waals surface area contributed by atoms with E-state index in [0.29, 0.717) is 22.7 Å². The Kier molecular flexibility index (Phi) is 6.73. The zero-order valence-electron chi connectivity index (χ0n) is 14.6. The number of aryl methyl sites for hydroxylation is 1. The van der Waals surface area contributed by atoms with E-state index in [1.165, 1.54) is 0 Å². The molecule has 3 rings (SSSR count). The van der Waals surface area contributed by atoms with Gasteiger partial charge in [-0.3, -0.25) is 4.79 Å². The molecule has 0 aliphatic rings. The van der Waals surface area contributed by atoms with E-state index in [2.05, 4.69) is 10.2 Å². The molecule has 0 N–H and O–H groups in total. The lowest BCUT2D eigenvalue weighted by atomic mass is 10.2. The summed E-state index contributed by atoms with van der Waals surface area (Å²) in [6, 6.07) is 14.7. The van der Waals surface area contributed by atoms with Crippen molar-refractivity contribution in [2.75, 3.05) is 19.0 Å². The third-order valence-corrected chi connectivity index (χ3v) is 4.46. The Labute approximate surface area is 165 Å². The van der Waals surface area contributed by atoms with Crippen molar-refractivity contribution in [1.29, 1.82) is 0 Å². The number of hydrogen-bond donors (Lipinski definition) is 0. The van der Waals surface area contributed by atoms with Crippen LogP contribution < -0.4 is 4.74 Å². The van der Waals surface area contributed by atoms with Crippen LogP contribution in [0.3, 0.4) is 0 Å². The SMILES string of the molecule is Cc1cccc(OCCOC(=O)CSc2nnc(-c3ccc(Cl)cc3)o2)c1. The molecule has 27 heavy (non-hydrogen) atoms. The number of esters is 1. The number of rotatable bonds is 8. The third-order valence-electron chi connectivity index (χ3n) is 3.42. The number of carbonyl (C=O) groups excluding carboxylic acids is 1. The zero-order chi connectivity index (χ0) is 19.1. The maximum atomic E-state index is 11.8. The van der Waals surface area contributed by atoms with Crippen molar-refractivity contribution in [2.24, 2.45) is 0 Å². The Morgan fingerprint density at radius 3 is 2.74 bits per heavy atom. The first-order valence-corrected chi connectivity index (χ1v) is 9.54. The highest BCUT2D eigenvalue weighted by atomic mass is 35.5. The van der Waals surface area contributed by atoms with Crippen molar-refractivity contribution in [3.8, 4) is 17.2 Å². The molecule has 0 spiro atoms. The summed E-state index contributed by atoms with van der Waals surface area (Å²) in [4.78, 5) is 11.8. The van der Waals surface area contributed by atoms with Crippen LogP contribution in [0, 0.1) is 6.92 Å². The fourth-order valence-corrected chi connectivity index (χ4v) is 2.85. The predicted molar refractivity (Wildman–Crippen MR) is 103 cm³/mol. The first-order valence-electron chi connectivity index (χ1n) is 8.17. The largest absolute Gasteiger partial charge is 0.490 e. The van der Waals surface area contributed by atoms with Crippen LogP contribution in [0.5, 0.6) is 5.75 Å². The fraction of sp³-hybridized carbons (Fsp3) is 0.211. The lowest BCUT2D eigenvalue weighted by Gasteiger charge is -2.07. The Bertz CT molecular complexity index is 899. The van der Waals surface area contributed by atoms with Crippen molar-refractivity contribution in [2.45, 2.75) is 12.1 Å². The molecule has 2 aromatic carbocycles. The van der Waals surface area contributed by atoms with Crippen molar-refractivity contribution in [3.05, 3.63) is 59.1 Å². The number of halogens is 1. The summed E-state index contributed by atoms with van der Waals surface area (Å²) in [6.07, 6.45) is 0. The highest BCUT2D eigenvalue weighted by molar-refractivity contribution is 7.99. The molecular formula is C19H17ClN2O4S. The lowest BCUT2D eigenvalue weighted by Crippen LogP contribution is -2.13. The Morgan fingerprint density at radius 2 is 1.96 bits per heavy atom. The summed E-state index contributed by atoms with van der Waals surface area (Å²) in [6.45, 7) is 2.45. The van der Waals surface area contributed by atoms with Crippen LogP contribution in [-0.2, 0) is 9.53 Å². The molecule has 0 atom stereocenters. The summed E-state index contributed by atoms with van der Waals surface area (Å²) in [7, 11) is 0. The number of benzene rings is 2. The monoisotopic (exact) mass is 404 g/mol. The first-order chi connectivity index (χ1) is 13.1. The summed E-state index contributed by atoms with van der Waals surface area (Å²) in [5.41, 5.74) is 1.87. The van der Waals surface area contributed by atoms with Crippen LogP contribution in [0.4, 0.5) is 0 Å². The van der Waals surface area contributed by atoms with E-state index in [4.69, 9.17) is 25.5 Å². The van der Waals surface area contributed by atoms with E-state index in [9.17, 15) is 4.79 Å². The predicted octanol–water partition coefficient (Wildman–Crippen LogP) is 4.41. The third kappa shape index (κ3) is 6.01. The van der Waals surface area contributed by atoms with Crippen molar-refractivity contribution in [3.63, 3.8) is 0 Å². The van der Waals surface area contributed by atoms with Gasteiger partial charge in [-0.1, -0.05) is 35.5 Å². The van der Waals surface area contributed by atoms with Crippen molar-refractivity contribution >= 4 is 29.3 Å². The van der Waals surface area contributed by atoms with Gasteiger partial charge in [0.2, 0.25) is 5.89 Å². The van der Waals surface area contributed by atoms with Gasteiger partial charge >= 0.3 is 5.97 Å². The van der Waals surface area contributed by atoms with E-state index in [0.717, 1.165) is 28.6 Å².